The van der Waals surface area contributed by atoms with E-state index in [-0.39, 0.29) is 0 Å². The second-order valence-corrected chi connectivity index (χ2v) is 11.9. The monoisotopic (exact) mass is 511 g/mol. The van der Waals surface area contributed by atoms with Crippen LogP contribution >= 0.6 is 11.3 Å². The number of rotatable bonds is 10. The van der Waals surface area contributed by atoms with Gasteiger partial charge in [0, 0.05) is 23.7 Å². The van der Waals surface area contributed by atoms with E-state index in [1.807, 2.05) is 35.6 Å². The number of allylic oxidation sites excluding steroid dienone is 3. The molecule has 4 rings (SSSR count). The molecule has 0 atom stereocenters. The maximum absolute atomic E-state index is 5.33. The largest absolute Gasteiger partial charge is 0.497 e. The van der Waals surface area contributed by atoms with Crippen LogP contribution in [0.15, 0.2) is 97.1 Å². The summed E-state index contributed by atoms with van der Waals surface area (Å²) in [6.45, 7) is 3.78. The minimum absolute atomic E-state index is 0.802. The van der Waals surface area contributed by atoms with Crippen LogP contribution in [-0.2, 0) is 13.1 Å². The second-order valence-electron chi connectivity index (χ2n) is 8.76. The second kappa shape index (κ2) is 12.4. The van der Waals surface area contributed by atoms with Gasteiger partial charge in [-0.1, -0.05) is 60.7 Å². The van der Waals surface area contributed by atoms with Gasteiger partial charge < -0.3 is 14.4 Å². The van der Waals surface area contributed by atoms with Crippen molar-refractivity contribution in [2.45, 2.75) is 20.0 Å². The highest BCUT2D eigenvalue weighted by Gasteiger charge is 2.10. The van der Waals surface area contributed by atoms with Crippen LogP contribution in [0.3, 0.4) is 0 Å². The first kappa shape index (κ1) is 25.5. The Balaban J connectivity index is 1.51. The van der Waals surface area contributed by atoms with Gasteiger partial charge in [-0.2, -0.15) is 0 Å². The molecule has 0 N–H and O–H groups in total. The average Bonchev–Trinajstić information content (AvgIpc) is 3.36. The summed E-state index contributed by atoms with van der Waals surface area (Å²) in [5.74, 6) is 1.74. The quantitative estimate of drug-likeness (QED) is 0.190. The van der Waals surface area contributed by atoms with E-state index in [9.17, 15) is 0 Å². The molecule has 3 nitrogen and oxygen atoms in total. The predicted octanol–water partition coefficient (Wildman–Crippen LogP) is 6.08. The zero-order valence-electron chi connectivity index (χ0n) is 21.4. The van der Waals surface area contributed by atoms with E-state index in [0.29, 0.717) is 0 Å². The van der Waals surface area contributed by atoms with Gasteiger partial charge in [-0.3, -0.25) is 0 Å². The number of methoxy groups -OCH3 is 2. The molecule has 0 spiro atoms. The van der Waals surface area contributed by atoms with Crippen LogP contribution in [0, 0.1) is 0 Å². The van der Waals surface area contributed by atoms with E-state index < -0.39 is 0 Å². The lowest BCUT2D eigenvalue weighted by Crippen LogP contribution is -2.22. The van der Waals surface area contributed by atoms with Crippen LogP contribution < -0.4 is 18.9 Å². The molecule has 36 heavy (non-hydrogen) atoms. The fourth-order valence-electron chi connectivity index (χ4n) is 3.97. The van der Waals surface area contributed by atoms with Crippen LogP contribution in [0.5, 0.6) is 11.5 Å². The highest BCUT2D eigenvalue weighted by Crippen LogP contribution is 2.24. The molecule has 1 heterocycles. The molecule has 0 amide bonds. The number of benzene rings is 3. The predicted molar refractivity (Wildman–Crippen MR) is 159 cm³/mol. The average molecular weight is 512 g/mol. The number of ether oxygens (including phenoxy) is 2. The van der Waals surface area contributed by atoms with Gasteiger partial charge in [-0.25, -0.2) is 0 Å². The number of anilines is 1. The van der Waals surface area contributed by atoms with Crippen molar-refractivity contribution < 1.29 is 9.47 Å². The van der Waals surface area contributed by atoms with Gasteiger partial charge in [0.1, 0.15) is 11.5 Å². The summed E-state index contributed by atoms with van der Waals surface area (Å²) in [6, 6.07) is 29.8. The molecule has 0 unspecified atom stereocenters. The lowest BCUT2D eigenvalue weighted by molar-refractivity contribution is 0.414. The van der Waals surface area contributed by atoms with E-state index in [1.165, 1.54) is 37.3 Å². The topological polar surface area (TPSA) is 21.7 Å². The Hall–Kier alpha value is -3.54. The standard InChI is InChI=1S/C31H33NO2SSi/c1-23(30-19-20-31(36)35-30)5-4-6-24-7-13-27(14-8-24)32(21-25-9-15-28(33-2)16-10-25)22-26-11-17-29(34-3)18-12-26/h4-20H,21-22H2,1-3,36H3/b6-4+,23-5+. The lowest BCUT2D eigenvalue weighted by Gasteiger charge is -2.25. The third-order valence-corrected chi connectivity index (χ3v) is 8.17. The third-order valence-electron chi connectivity index (χ3n) is 6.09. The van der Waals surface area contributed by atoms with E-state index in [2.05, 4.69) is 90.7 Å². The molecule has 0 saturated heterocycles. The minimum atomic E-state index is 0.802. The van der Waals surface area contributed by atoms with Crippen molar-refractivity contribution in [3.8, 4) is 11.5 Å². The smallest absolute Gasteiger partial charge is 0.118 e. The third kappa shape index (κ3) is 7.00. The fourth-order valence-corrected chi connectivity index (χ4v) is 5.64. The molecule has 5 heteroatoms. The summed E-state index contributed by atoms with van der Waals surface area (Å²) in [4.78, 5) is 3.75. The van der Waals surface area contributed by atoms with Crippen molar-refractivity contribution in [1.29, 1.82) is 0 Å². The number of hydrogen-bond donors (Lipinski definition) is 0. The molecule has 1 aromatic heterocycles. The molecule has 0 aliphatic heterocycles. The minimum Gasteiger partial charge on any atom is -0.497 e. The van der Waals surface area contributed by atoms with E-state index in [1.54, 1.807) is 14.2 Å². The zero-order valence-corrected chi connectivity index (χ0v) is 24.2. The first-order valence-electron chi connectivity index (χ1n) is 12.1. The van der Waals surface area contributed by atoms with Crippen LogP contribution in [-0.4, -0.2) is 24.5 Å². The zero-order chi connectivity index (χ0) is 25.3. The van der Waals surface area contributed by atoms with Gasteiger partial charge in [0.25, 0.3) is 0 Å². The van der Waals surface area contributed by atoms with Crippen molar-refractivity contribution in [2.75, 3.05) is 19.1 Å². The molecule has 0 aliphatic carbocycles. The number of thiophene rings is 1. The molecule has 184 valence electrons. The molecule has 0 radical (unpaired) electrons. The molecular weight excluding hydrogens is 478 g/mol. The van der Waals surface area contributed by atoms with Gasteiger partial charge in [0.15, 0.2) is 0 Å². The first-order valence-corrected chi connectivity index (χ1v) is 13.9. The summed E-state index contributed by atoms with van der Waals surface area (Å²) in [7, 11) is 4.51. The molecule has 0 saturated carbocycles. The summed E-state index contributed by atoms with van der Waals surface area (Å²) < 4.78 is 12.1. The van der Waals surface area contributed by atoms with Crippen LogP contribution in [0.25, 0.3) is 11.6 Å². The summed E-state index contributed by atoms with van der Waals surface area (Å²) >= 11 is 1.89. The Labute approximate surface area is 221 Å². The van der Waals surface area contributed by atoms with Gasteiger partial charge in [-0.15, -0.1) is 11.3 Å². The van der Waals surface area contributed by atoms with Crippen molar-refractivity contribution >= 4 is 43.4 Å². The van der Waals surface area contributed by atoms with Gasteiger partial charge in [0.05, 0.1) is 24.5 Å². The van der Waals surface area contributed by atoms with Crippen LogP contribution in [0.1, 0.15) is 28.5 Å². The normalized spacial score (nSPS) is 11.7. The van der Waals surface area contributed by atoms with Gasteiger partial charge in [-0.05, 0) is 76.2 Å². The maximum atomic E-state index is 5.33. The summed E-state index contributed by atoms with van der Waals surface area (Å²) in [5.41, 5.74) is 6.15. The van der Waals surface area contributed by atoms with Gasteiger partial charge >= 0.3 is 0 Å². The SMILES string of the molecule is COc1ccc(CN(Cc2ccc(OC)cc2)c2ccc(/C=C/C=C(\C)c3ccc([SiH3])s3)cc2)cc1. The van der Waals surface area contributed by atoms with Crippen molar-refractivity contribution in [3.63, 3.8) is 0 Å². The van der Waals surface area contributed by atoms with Crippen molar-refractivity contribution in [1.82, 2.24) is 0 Å². The van der Waals surface area contributed by atoms with Gasteiger partial charge in [0.2, 0.25) is 0 Å². The first-order chi connectivity index (χ1) is 17.5. The molecular formula is C31H33NO2SSi. The Bertz CT molecular complexity index is 1260. The summed E-state index contributed by atoms with van der Waals surface area (Å²) in [6.07, 6.45) is 6.50. The Morgan fingerprint density at radius 3 is 1.81 bits per heavy atom. The summed E-state index contributed by atoms with van der Waals surface area (Å²) in [5, 5.41) is 0. The Morgan fingerprint density at radius 2 is 1.33 bits per heavy atom. The van der Waals surface area contributed by atoms with E-state index in [4.69, 9.17) is 9.47 Å². The number of nitrogens with zero attached hydrogens (tertiary/aromatic N) is 1. The molecule has 0 bridgehead atoms. The highest BCUT2D eigenvalue weighted by molar-refractivity contribution is 7.20. The molecule has 0 fully saturated rings. The van der Waals surface area contributed by atoms with Crippen LogP contribution in [0.2, 0.25) is 0 Å². The fraction of sp³-hybridized carbons (Fsp3) is 0.161. The maximum Gasteiger partial charge on any atom is 0.118 e. The molecule has 3 aromatic carbocycles. The van der Waals surface area contributed by atoms with Crippen LogP contribution in [0.4, 0.5) is 5.69 Å². The van der Waals surface area contributed by atoms with E-state index in [0.717, 1.165) is 34.8 Å². The van der Waals surface area contributed by atoms with Crippen molar-refractivity contribution in [2.24, 2.45) is 0 Å². The van der Waals surface area contributed by atoms with E-state index >= 15 is 0 Å². The highest BCUT2D eigenvalue weighted by atomic mass is 32.1. The van der Waals surface area contributed by atoms with Crippen molar-refractivity contribution in [3.05, 3.63) is 119 Å². The Morgan fingerprint density at radius 1 is 0.778 bits per heavy atom. The Kier molecular flexibility index (Phi) is 8.82. The lowest BCUT2D eigenvalue weighted by atomic mass is 10.1. The molecule has 0 aliphatic rings. The molecule has 4 aromatic rings. The number of hydrogen-bond acceptors (Lipinski definition) is 4.